The summed E-state index contributed by atoms with van der Waals surface area (Å²) >= 11 is 0. The van der Waals surface area contributed by atoms with E-state index in [-0.39, 0.29) is 20.1 Å². The Morgan fingerprint density at radius 2 is 1.67 bits per heavy atom. The van der Waals surface area contributed by atoms with Gasteiger partial charge in [-0.1, -0.05) is 85.5 Å². The SMILES string of the molecule is CC(C)c1ccc(-c2[c-]cccc2)nc1.C[Si](C)(C)c1ccc2c(c1)oc1c(-c3cc(C4CC4)ccn3)[c-]ccc12.[Ir]. The molecule has 3 aromatic heterocycles. The molecule has 5 heteroatoms. The second-order valence-corrected chi connectivity index (χ2v) is 17.4. The number of rotatable bonds is 5. The van der Waals surface area contributed by atoms with Crippen LogP contribution in [0.5, 0.6) is 0 Å². The maximum atomic E-state index is 6.34. The molecule has 3 nitrogen and oxygen atoms in total. The summed E-state index contributed by atoms with van der Waals surface area (Å²) in [5.41, 5.74) is 8.50. The Morgan fingerprint density at radius 3 is 2.33 bits per heavy atom. The Balaban J connectivity index is 0.000000189. The van der Waals surface area contributed by atoms with E-state index in [2.05, 4.69) is 104 Å². The molecule has 0 bridgehead atoms. The van der Waals surface area contributed by atoms with Gasteiger partial charge in [-0.15, -0.1) is 54.1 Å². The van der Waals surface area contributed by atoms with Crippen molar-refractivity contribution in [3.05, 3.63) is 115 Å². The van der Waals surface area contributed by atoms with Crippen LogP contribution in [-0.2, 0) is 20.1 Å². The minimum atomic E-state index is -1.37. The molecule has 3 aromatic carbocycles. The Bertz CT molecular complexity index is 1800. The molecule has 0 unspecified atom stereocenters. The number of furan rings is 1. The summed E-state index contributed by atoms with van der Waals surface area (Å²) in [4.78, 5) is 9.05. The van der Waals surface area contributed by atoms with E-state index >= 15 is 0 Å². The number of pyridine rings is 2. The largest absolute Gasteiger partial charge is 0.501 e. The van der Waals surface area contributed by atoms with Crippen molar-refractivity contribution in [2.45, 2.75) is 58.2 Å². The Kier molecular flexibility index (Phi) is 8.93. The predicted molar refractivity (Wildman–Crippen MR) is 173 cm³/mol. The summed E-state index contributed by atoms with van der Waals surface area (Å²) in [6, 6.07) is 33.8. The van der Waals surface area contributed by atoms with Crippen molar-refractivity contribution in [2.24, 2.45) is 0 Å². The molecule has 0 aliphatic heterocycles. The number of benzene rings is 3. The molecule has 0 spiro atoms. The van der Waals surface area contributed by atoms with Gasteiger partial charge in [0.1, 0.15) is 5.58 Å². The zero-order valence-corrected chi connectivity index (χ0v) is 28.3. The normalized spacial score (nSPS) is 13.1. The summed E-state index contributed by atoms with van der Waals surface area (Å²) in [5.74, 6) is 1.25. The molecule has 1 fully saturated rings. The molecule has 0 N–H and O–H groups in total. The second kappa shape index (κ2) is 12.5. The molecule has 1 aliphatic rings. The first-order chi connectivity index (χ1) is 19.8. The molecule has 1 aliphatic carbocycles. The van der Waals surface area contributed by atoms with Crippen molar-refractivity contribution in [3.8, 4) is 22.5 Å². The van der Waals surface area contributed by atoms with Gasteiger partial charge in [-0.3, -0.25) is 0 Å². The van der Waals surface area contributed by atoms with E-state index in [4.69, 9.17) is 4.42 Å². The van der Waals surface area contributed by atoms with Gasteiger partial charge in [0.2, 0.25) is 0 Å². The molecule has 3 heterocycles. The number of hydrogen-bond donors (Lipinski definition) is 0. The van der Waals surface area contributed by atoms with E-state index in [0.29, 0.717) is 11.8 Å². The number of fused-ring (bicyclic) bond motifs is 3. The number of aromatic nitrogens is 2. The van der Waals surface area contributed by atoms with Crippen molar-refractivity contribution >= 4 is 35.2 Å². The molecule has 215 valence electrons. The maximum absolute atomic E-state index is 6.34. The van der Waals surface area contributed by atoms with Crippen LogP contribution in [0.4, 0.5) is 0 Å². The van der Waals surface area contributed by atoms with Crippen LogP contribution in [0.1, 0.15) is 49.7 Å². The summed E-state index contributed by atoms with van der Waals surface area (Å²) in [6.45, 7) is 11.4. The average Bonchev–Trinajstić information content (AvgIpc) is 3.77. The van der Waals surface area contributed by atoms with Gasteiger partial charge in [-0.2, -0.15) is 0 Å². The van der Waals surface area contributed by atoms with Gasteiger partial charge in [-0.25, -0.2) is 0 Å². The third-order valence-corrected chi connectivity index (χ3v) is 9.87. The van der Waals surface area contributed by atoms with Crippen LogP contribution in [0, 0.1) is 12.1 Å². The van der Waals surface area contributed by atoms with Crippen LogP contribution >= 0.6 is 0 Å². The van der Waals surface area contributed by atoms with Crippen LogP contribution < -0.4 is 5.19 Å². The summed E-state index contributed by atoms with van der Waals surface area (Å²) in [7, 11) is -1.37. The van der Waals surface area contributed by atoms with E-state index < -0.39 is 8.07 Å². The van der Waals surface area contributed by atoms with Crippen LogP contribution in [0.3, 0.4) is 0 Å². The molecule has 0 saturated heterocycles. The van der Waals surface area contributed by atoms with E-state index in [9.17, 15) is 0 Å². The monoisotopic (exact) mass is 745 g/mol. The summed E-state index contributed by atoms with van der Waals surface area (Å²) < 4.78 is 6.34. The predicted octanol–water partition coefficient (Wildman–Crippen LogP) is 9.54. The second-order valence-electron chi connectivity index (χ2n) is 12.3. The number of hydrogen-bond acceptors (Lipinski definition) is 3. The minimum Gasteiger partial charge on any atom is -0.501 e. The molecular weight excluding hydrogens is 709 g/mol. The van der Waals surface area contributed by atoms with Crippen LogP contribution in [0.15, 0.2) is 95.7 Å². The maximum Gasteiger partial charge on any atom is 0.120 e. The third-order valence-electron chi connectivity index (χ3n) is 7.83. The minimum absolute atomic E-state index is 0. The van der Waals surface area contributed by atoms with Crippen molar-refractivity contribution in [3.63, 3.8) is 0 Å². The van der Waals surface area contributed by atoms with E-state index in [0.717, 1.165) is 39.1 Å². The third kappa shape index (κ3) is 6.49. The van der Waals surface area contributed by atoms with Gasteiger partial charge in [0, 0.05) is 37.9 Å². The zero-order chi connectivity index (χ0) is 28.6. The van der Waals surface area contributed by atoms with Gasteiger partial charge < -0.3 is 14.4 Å². The fourth-order valence-electron chi connectivity index (χ4n) is 5.11. The molecule has 1 radical (unpaired) electrons. The van der Waals surface area contributed by atoms with Gasteiger partial charge in [-0.05, 0) is 53.8 Å². The molecule has 0 atom stereocenters. The zero-order valence-electron chi connectivity index (χ0n) is 24.9. The Morgan fingerprint density at radius 1 is 0.833 bits per heavy atom. The smallest absolute Gasteiger partial charge is 0.120 e. The molecule has 42 heavy (non-hydrogen) atoms. The van der Waals surface area contributed by atoms with Crippen molar-refractivity contribution in [2.75, 3.05) is 0 Å². The molecule has 0 amide bonds. The van der Waals surface area contributed by atoms with Crippen molar-refractivity contribution in [1.29, 1.82) is 0 Å². The molecule has 7 rings (SSSR count). The fourth-order valence-corrected chi connectivity index (χ4v) is 6.26. The van der Waals surface area contributed by atoms with Crippen molar-refractivity contribution < 1.29 is 24.5 Å². The van der Waals surface area contributed by atoms with Gasteiger partial charge in [0.25, 0.3) is 0 Å². The first-order valence-electron chi connectivity index (χ1n) is 14.5. The van der Waals surface area contributed by atoms with Crippen LogP contribution in [-0.4, -0.2) is 18.0 Å². The number of nitrogens with zero attached hydrogens (tertiary/aromatic N) is 2. The van der Waals surface area contributed by atoms with E-state index in [1.165, 1.54) is 34.5 Å². The topological polar surface area (TPSA) is 38.9 Å². The van der Waals surface area contributed by atoms with Crippen molar-refractivity contribution in [1.82, 2.24) is 9.97 Å². The first-order valence-corrected chi connectivity index (χ1v) is 18.0. The quantitative estimate of drug-likeness (QED) is 0.130. The standard InChI is InChI=1S/C23H22NOSi.C14H14N.Ir/c1-26(2,3)17-9-10-18-19-5-4-6-20(23(19)25-22(18)14-17)21-13-16(11-12-24-21)15-7-8-15;1-11(2)13-8-9-14(15-10-13)12-6-4-3-5-7-12;/h4-5,9-15H,7-8H2,1-3H3;3-6,8-11H,1-2H3;/q2*-1;. The summed E-state index contributed by atoms with van der Waals surface area (Å²) in [5, 5.41) is 3.74. The van der Waals surface area contributed by atoms with Crippen LogP contribution in [0.25, 0.3) is 44.5 Å². The fraction of sp³-hybridized carbons (Fsp3) is 0.243. The Hall–Kier alpha value is -3.37. The molecule has 1 saturated carbocycles. The van der Waals surface area contributed by atoms with E-state index in [1.54, 1.807) is 0 Å². The van der Waals surface area contributed by atoms with Crippen LogP contribution in [0.2, 0.25) is 19.6 Å². The molecule has 6 aromatic rings. The Labute approximate surface area is 263 Å². The van der Waals surface area contributed by atoms with Gasteiger partial charge in [0.15, 0.2) is 0 Å². The van der Waals surface area contributed by atoms with E-state index in [1.807, 2.05) is 42.7 Å². The molecular formula is C37H36IrN2OSi-2. The summed E-state index contributed by atoms with van der Waals surface area (Å²) in [6.07, 6.45) is 6.45. The first kappa shape index (κ1) is 30.1. The average molecular weight is 745 g/mol. The van der Waals surface area contributed by atoms with Gasteiger partial charge in [0.05, 0.1) is 13.7 Å². The van der Waals surface area contributed by atoms with Gasteiger partial charge >= 0.3 is 0 Å².